The van der Waals surface area contributed by atoms with E-state index in [9.17, 15) is 14.9 Å². The van der Waals surface area contributed by atoms with Gasteiger partial charge in [0.2, 0.25) is 5.91 Å². The van der Waals surface area contributed by atoms with E-state index in [0.717, 1.165) is 6.42 Å². The normalized spacial score (nSPS) is 10.6. The summed E-state index contributed by atoms with van der Waals surface area (Å²) in [5, 5.41) is 14.0. The summed E-state index contributed by atoms with van der Waals surface area (Å²) in [6.45, 7) is 2.31. The average Bonchev–Trinajstić information content (AvgIpc) is 2.58. The molecular weight excluding hydrogens is 346 g/mol. The van der Waals surface area contributed by atoms with Crippen molar-refractivity contribution in [1.29, 1.82) is 0 Å². The van der Waals surface area contributed by atoms with E-state index >= 15 is 0 Å². The summed E-state index contributed by atoms with van der Waals surface area (Å²) in [6.07, 6.45) is 3.47. The molecule has 8 heteroatoms. The second-order valence-corrected chi connectivity index (χ2v) is 5.39. The van der Waals surface area contributed by atoms with E-state index in [-0.39, 0.29) is 16.6 Å². The highest BCUT2D eigenvalue weighted by atomic mass is 35.5. The van der Waals surface area contributed by atoms with Gasteiger partial charge in [-0.15, -0.1) is 0 Å². The highest BCUT2D eigenvalue weighted by Gasteiger charge is 2.15. The molecule has 0 bridgehead atoms. The van der Waals surface area contributed by atoms with Gasteiger partial charge in [0.25, 0.3) is 0 Å². The highest BCUT2D eigenvalue weighted by Crippen LogP contribution is 2.28. The van der Waals surface area contributed by atoms with Crippen LogP contribution in [0.1, 0.15) is 18.9 Å². The first-order valence-corrected chi connectivity index (χ1v) is 7.90. The SMILES string of the molecule is CCCOc1ccc(/C=C/C(=O)Nc2cccc(Cl)n2)cc1[N+](=O)[O-]. The quantitative estimate of drug-likeness (QED) is 0.347. The Balaban J connectivity index is 2.10. The lowest BCUT2D eigenvalue weighted by Gasteiger charge is -2.06. The number of carbonyl (C=O) groups is 1. The van der Waals surface area contributed by atoms with E-state index in [4.69, 9.17) is 16.3 Å². The molecule has 130 valence electrons. The van der Waals surface area contributed by atoms with E-state index in [2.05, 4.69) is 10.3 Å². The van der Waals surface area contributed by atoms with Crippen LogP contribution in [0, 0.1) is 10.1 Å². The number of pyridine rings is 1. The van der Waals surface area contributed by atoms with Crippen LogP contribution in [0.25, 0.3) is 6.08 Å². The standard InChI is InChI=1S/C17H16ClN3O4/c1-2-10-25-14-8-6-12(11-13(14)21(23)24)7-9-17(22)20-16-5-3-4-15(18)19-16/h3-9,11H,2,10H2,1H3,(H,19,20,22)/b9-7+. The molecule has 0 aliphatic heterocycles. The van der Waals surface area contributed by atoms with E-state index in [1.807, 2.05) is 6.92 Å². The number of anilines is 1. The Hall–Kier alpha value is -2.93. The van der Waals surface area contributed by atoms with Crippen molar-refractivity contribution in [3.05, 3.63) is 63.3 Å². The maximum atomic E-state index is 11.9. The van der Waals surface area contributed by atoms with Crippen molar-refractivity contribution in [2.45, 2.75) is 13.3 Å². The fourth-order valence-corrected chi connectivity index (χ4v) is 2.10. The molecule has 0 fully saturated rings. The molecule has 1 heterocycles. The zero-order chi connectivity index (χ0) is 18.2. The van der Waals surface area contributed by atoms with Crippen molar-refractivity contribution in [1.82, 2.24) is 4.98 Å². The van der Waals surface area contributed by atoms with E-state index in [1.54, 1.807) is 24.3 Å². The Kier molecular flexibility index (Phi) is 6.47. The van der Waals surface area contributed by atoms with Crippen LogP contribution in [0.15, 0.2) is 42.5 Å². The van der Waals surface area contributed by atoms with Gasteiger partial charge < -0.3 is 10.1 Å². The van der Waals surface area contributed by atoms with Gasteiger partial charge in [-0.3, -0.25) is 14.9 Å². The third kappa shape index (κ3) is 5.58. The number of amides is 1. The Morgan fingerprint density at radius 3 is 2.88 bits per heavy atom. The van der Waals surface area contributed by atoms with Gasteiger partial charge in [-0.2, -0.15) is 0 Å². The molecule has 0 aliphatic rings. The van der Waals surface area contributed by atoms with Crippen LogP contribution in [0.5, 0.6) is 5.75 Å². The molecule has 7 nitrogen and oxygen atoms in total. The van der Waals surface area contributed by atoms with Crippen molar-refractivity contribution >= 4 is 35.1 Å². The molecule has 0 saturated heterocycles. The van der Waals surface area contributed by atoms with Gasteiger partial charge in [-0.05, 0) is 36.3 Å². The lowest BCUT2D eigenvalue weighted by atomic mass is 10.1. The Morgan fingerprint density at radius 1 is 1.40 bits per heavy atom. The molecule has 1 aromatic carbocycles. The number of carbonyl (C=O) groups excluding carboxylic acids is 1. The molecule has 0 saturated carbocycles. The molecular formula is C17H16ClN3O4. The number of hydrogen-bond donors (Lipinski definition) is 1. The zero-order valence-electron chi connectivity index (χ0n) is 13.4. The molecule has 0 atom stereocenters. The van der Waals surface area contributed by atoms with Crippen molar-refractivity contribution < 1.29 is 14.5 Å². The molecule has 2 rings (SSSR count). The van der Waals surface area contributed by atoms with Gasteiger partial charge >= 0.3 is 5.69 Å². The first kappa shape index (κ1) is 18.4. The van der Waals surface area contributed by atoms with Gasteiger partial charge in [-0.25, -0.2) is 4.98 Å². The number of nitro groups is 1. The molecule has 0 spiro atoms. The molecule has 1 N–H and O–H groups in total. The van der Waals surface area contributed by atoms with Crippen molar-refractivity contribution in [2.75, 3.05) is 11.9 Å². The number of halogens is 1. The van der Waals surface area contributed by atoms with Crippen LogP contribution in [0.4, 0.5) is 11.5 Å². The van der Waals surface area contributed by atoms with Crippen molar-refractivity contribution in [3.8, 4) is 5.75 Å². The number of aromatic nitrogens is 1. The predicted octanol–water partition coefficient (Wildman–Crippen LogP) is 4.08. The molecule has 0 aliphatic carbocycles. The lowest BCUT2D eigenvalue weighted by molar-refractivity contribution is -0.385. The maximum Gasteiger partial charge on any atom is 0.311 e. The summed E-state index contributed by atoms with van der Waals surface area (Å²) >= 11 is 5.74. The monoisotopic (exact) mass is 361 g/mol. The number of nitrogens with zero attached hydrogens (tertiary/aromatic N) is 2. The molecule has 0 radical (unpaired) electrons. The van der Waals surface area contributed by atoms with Gasteiger partial charge in [0.15, 0.2) is 5.75 Å². The molecule has 0 unspecified atom stereocenters. The largest absolute Gasteiger partial charge is 0.487 e. The zero-order valence-corrected chi connectivity index (χ0v) is 14.2. The molecule has 25 heavy (non-hydrogen) atoms. The smallest absolute Gasteiger partial charge is 0.311 e. The number of nitro benzene ring substituents is 1. The lowest BCUT2D eigenvalue weighted by Crippen LogP contribution is -2.09. The minimum absolute atomic E-state index is 0.146. The van der Waals surface area contributed by atoms with Crippen LogP contribution in [0.3, 0.4) is 0 Å². The summed E-state index contributed by atoms with van der Waals surface area (Å²) in [5.41, 5.74) is 0.359. The highest BCUT2D eigenvalue weighted by molar-refractivity contribution is 6.29. The van der Waals surface area contributed by atoms with E-state index in [0.29, 0.717) is 18.0 Å². The van der Waals surface area contributed by atoms with Crippen LogP contribution in [-0.4, -0.2) is 22.4 Å². The third-order valence-electron chi connectivity index (χ3n) is 3.03. The average molecular weight is 362 g/mol. The van der Waals surface area contributed by atoms with Crippen LogP contribution < -0.4 is 10.1 Å². The molecule has 2 aromatic rings. The predicted molar refractivity (Wildman–Crippen MR) is 95.8 cm³/mol. The first-order chi connectivity index (χ1) is 12.0. The summed E-state index contributed by atoms with van der Waals surface area (Å²) in [4.78, 5) is 26.5. The second kappa shape index (κ2) is 8.79. The summed E-state index contributed by atoms with van der Waals surface area (Å²) < 4.78 is 5.35. The minimum atomic E-state index is -0.516. The Morgan fingerprint density at radius 2 is 2.20 bits per heavy atom. The summed E-state index contributed by atoms with van der Waals surface area (Å²) in [5.74, 6) is 0.0942. The Labute approximate surface area is 149 Å². The topological polar surface area (TPSA) is 94.4 Å². The first-order valence-electron chi connectivity index (χ1n) is 7.52. The number of nitrogens with one attached hydrogen (secondary N) is 1. The maximum absolute atomic E-state index is 11.9. The number of ether oxygens (including phenoxy) is 1. The van der Waals surface area contributed by atoms with E-state index in [1.165, 1.54) is 24.3 Å². The summed E-state index contributed by atoms with van der Waals surface area (Å²) in [6, 6.07) is 9.36. The number of hydrogen-bond acceptors (Lipinski definition) is 5. The van der Waals surface area contributed by atoms with Gasteiger partial charge in [0.05, 0.1) is 11.5 Å². The minimum Gasteiger partial charge on any atom is -0.487 e. The van der Waals surface area contributed by atoms with Crippen LogP contribution in [0.2, 0.25) is 5.15 Å². The fourth-order valence-electron chi connectivity index (χ4n) is 1.93. The van der Waals surface area contributed by atoms with Crippen LogP contribution >= 0.6 is 11.6 Å². The third-order valence-corrected chi connectivity index (χ3v) is 3.25. The number of rotatable bonds is 7. The van der Waals surface area contributed by atoms with Crippen LogP contribution in [-0.2, 0) is 4.79 Å². The molecule has 1 amide bonds. The van der Waals surface area contributed by atoms with Gasteiger partial charge in [-0.1, -0.05) is 30.7 Å². The summed E-state index contributed by atoms with van der Waals surface area (Å²) in [7, 11) is 0. The molecule has 1 aromatic heterocycles. The van der Waals surface area contributed by atoms with E-state index < -0.39 is 10.8 Å². The van der Waals surface area contributed by atoms with Gasteiger partial charge in [0, 0.05) is 12.1 Å². The second-order valence-electron chi connectivity index (χ2n) is 5.00. The Bertz CT molecular complexity index is 808. The van der Waals surface area contributed by atoms with Gasteiger partial charge in [0.1, 0.15) is 11.0 Å². The van der Waals surface area contributed by atoms with Crippen molar-refractivity contribution in [3.63, 3.8) is 0 Å². The number of benzene rings is 1. The van der Waals surface area contributed by atoms with Crippen molar-refractivity contribution in [2.24, 2.45) is 0 Å². The fraction of sp³-hybridized carbons (Fsp3) is 0.176.